The number of hydrogen-bond donors (Lipinski definition) is 10. The molecule has 5 saturated heterocycles. The van der Waals surface area contributed by atoms with Gasteiger partial charge in [-0.05, 0) is 112 Å². The van der Waals surface area contributed by atoms with Gasteiger partial charge in [0, 0.05) is 16.4 Å². The molecule has 0 radical (unpaired) electrons. The van der Waals surface area contributed by atoms with Crippen molar-refractivity contribution in [1.82, 2.24) is 42.5 Å². The highest BCUT2D eigenvalue weighted by molar-refractivity contribution is 7.86. The number of rotatable bonds is 4. The van der Waals surface area contributed by atoms with E-state index >= 15 is 0 Å². The van der Waals surface area contributed by atoms with E-state index in [0.29, 0.717) is 51.4 Å². The summed E-state index contributed by atoms with van der Waals surface area (Å²) in [5.41, 5.74) is 0. The van der Waals surface area contributed by atoms with E-state index < -0.39 is 63.4 Å². The minimum absolute atomic E-state index is 0.00803. The lowest BCUT2D eigenvalue weighted by Crippen LogP contribution is -2.62. The molecule has 5 aliphatic heterocycles. The highest BCUT2D eigenvalue weighted by Crippen LogP contribution is 2.47. The molecular weight excluding hydrogens is 785 g/mol. The van der Waals surface area contributed by atoms with Gasteiger partial charge in [-0.1, -0.05) is 28.6 Å². The first-order valence-corrected chi connectivity index (χ1v) is 25.1. The summed E-state index contributed by atoms with van der Waals surface area (Å²) >= 11 is -4.53. The molecule has 8 bridgehead atoms. The van der Waals surface area contributed by atoms with E-state index in [9.17, 15) is 43.5 Å². The van der Waals surface area contributed by atoms with Crippen molar-refractivity contribution >= 4 is 42.4 Å². The molecule has 4 saturated carbocycles. The SMILES string of the molecule is O=S([O-])C1CCC2C3NC(NC4NC(NC5NC(NC6NC(N3)C3C6CCCC3S(=O)[O-])C3CC(S(=O)(=O)O)CCC53)C3CC(S(=O)(=O)O)CCC43)C2C1. The van der Waals surface area contributed by atoms with Gasteiger partial charge in [-0.2, -0.15) is 16.8 Å². The molecule has 22 atom stereocenters. The third kappa shape index (κ3) is 7.12. The Hall–Kier alpha value is -0.280. The smallest absolute Gasteiger partial charge is 0.267 e. The van der Waals surface area contributed by atoms with Crippen LogP contribution in [0, 0.1) is 47.3 Å². The molecule has 0 spiro atoms. The van der Waals surface area contributed by atoms with E-state index in [2.05, 4.69) is 42.5 Å². The number of fused-ring (bicyclic) bond motifs is 20. The molecule has 5 heterocycles. The lowest BCUT2D eigenvalue weighted by Gasteiger charge is -2.40. The van der Waals surface area contributed by atoms with Crippen LogP contribution < -0.4 is 42.5 Å². The van der Waals surface area contributed by atoms with Crippen LogP contribution in [0.2, 0.25) is 0 Å². The summed E-state index contributed by atoms with van der Waals surface area (Å²) < 4.78 is 120. The summed E-state index contributed by atoms with van der Waals surface area (Å²) in [5.74, 6) is -0.694. The summed E-state index contributed by atoms with van der Waals surface area (Å²) in [6.07, 6.45) is 3.37. The van der Waals surface area contributed by atoms with Gasteiger partial charge in [0.2, 0.25) is 0 Å². The summed E-state index contributed by atoms with van der Waals surface area (Å²) in [4.78, 5) is 0. The zero-order valence-corrected chi connectivity index (χ0v) is 33.1. The molecule has 308 valence electrons. The van der Waals surface area contributed by atoms with Gasteiger partial charge in [-0.25, -0.2) is 0 Å². The zero-order valence-electron chi connectivity index (χ0n) is 29.8. The van der Waals surface area contributed by atoms with Crippen molar-refractivity contribution in [3.8, 4) is 0 Å². The molecular formula is C32H54N8O10S4-2. The Morgan fingerprint density at radius 2 is 0.833 bits per heavy atom. The van der Waals surface area contributed by atoms with Crippen LogP contribution in [0.25, 0.3) is 0 Å². The molecule has 22 unspecified atom stereocenters. The monoisotopic (exact) mass is 838 g/mol. The lowest BCUT2D eigenvalue weighted by molar-refractivity contribution is 0.167. The molecule has 9 fully saturated rings. The van der Waals surface area contributed by atoms with Gasteiger partial charge in [0.25, 0.3) is 20.2 Å². The first kappa shape index (κ1) is 39.2. The fourth-order valence-corrected chi connectivity index (χ4v) is 16.3. The van der Waals surface area contributed by atoms with Crippen molar-refractivity contribution in [2.45, 2.75) is 147 Å². The largest absolute Gasteiger partial charge is 0.772 e. The second-order valence-corrected chi connectivity index (χ2v) is 23.4. The van der Waals surface area contributed by atoms with E-state index in [-0.39, 0.29) is 110 Å². The van der Waals surface area contributed by atoms with Crippen LogP contribution in [-0.4, -0.2) is 114 Å². The molecule has 54 heavy (non-hydrogen) atoms. The molecule has 9 rings (SSSR count). The standard InChI is InChI=1S/C32H56N8O10S4/c41-51(42)13-4-7-16-20(10-13)29-33-25-17-8-5-14(53(45,46)47)11-21(17)30(34-25)35-26-18-9-6-15(54(48,49)50)12-22(18)31(36-26)38-28-19-2-1-3-23(52(43)44)24(19)32(40-28)39-27(16)37-29/h13-40H,1-12H2,(H,41,42)(H,43,44)(H,45,46,47)(H,48,49,50)/p-2. The molecule has 0 aromatic rings. The summed E-state index contributed by atoms with van der Waals surface area (Å²) in [5, 5.41) is 27.3. The predicted molar refractivity (Wildman–Crippen MR) is 195 cm³/mol. The van der Waals surface area contributed by atoms with Crippen LogP contribution in [0.1, 0.15) is 77.0 Å². The van der Waals surface area contributed by atoms with Gasteiger partial charge in [-0.15, -0.1) is 0 Å². The average Bonchev–Trinajstić information content (AvgIpc) is 3.85. The maximum atomic E-state index is 12.8. The van der Waals surface area contributed by atoms with Crippen LogP contribution in [0.4, 0.5) is 0 Å². The van der Waals surface area contributed by atoms with Crippen molar-refractivity contribution in [3.63, 3.8) is 0 Å². The van der Waals surface area contributed by atoms with Crippen molar-refractivity contribution in [2.24, 2.45) is 47.3 Å². The Balaban J connectivity index is 1.09. The fourth-order valence-electron chi connectivity index (χ4n) is 12.8. The predicted octanol–water partition coefficient (Wildman–Crippen LogP) is -1.95. The van der Waals surface area contributed by atoms with E-state index in [1.54, 1.807) is 0 Å². The van der Waals surface area contributed by atoms with Crippen LogP contribution in [0.5, 0.6) is 0 Å². The van der Waals surface area contributed by atoms with Crippen molar-refractivity contribution in [1.29, 1.82) is 0 Å². The van der Waals surface area contributed by atoms with Crippen LogP contribution in [0.15, 0.2) is 0 Å². The second-order valence-electron chi connectivity index (χ2n) is 17.7. The summed E-state index contributed by atoms with van der Waals surface area (Å²) in [7, 11) is -8.56. The summed E-state index contributed by atoms with van der Waals surface area (Å²) in [6, 6.07) is 0. The fraction of sp³-hybridized carbons (Fsp3) is 1.00. The molecule has 10 N–H and O–H groups in total. The molecule has 0 amide bonds. The van der Waals surface area contributed by atoms with Gasteiger partial charge in [0.1, 0.15) is 0 Å². The van der Waals surface area contributed by atoms with Crippen molar-refractivity contribution in [3.05, 3.63) is 0 Å². The normalized spacial score (nSPS) is 53.1. The van der Waals surface area contributed by atoms with Gasteiger partial charge in [-0.3, -0.25) is 60.1 Å². The van der Waals surface area contributed by atoms with E-state index in [4.69, 9.17) is 0 Å². The van der Waals surface area contributed by atoms with E-state index in [0.717, 1.165) is 12.8 Å². The number of nitrogens with one attached hydrogen (secondary N) is 8. The maximum Gasteiger partial charge on any atom is 0.267 e. The zero-order chi connectivity index (χ0) is 37.8. The maximum absolute atomic E-state index is 12.8. The minimum Gasteiger partial charge on any atom is -0.772 e. The molecule has 9 aliphatic rings. The molecule has 0 aromatic heterocycles. The van der Waals surface area contributed by atoms with E-state index in [1.165, 1.54) is 0 Å². The average molecular weight is 839 g/mol. The highest BCUT2D eigenvalue weighted by Gasteiger charge is 2.57. The van der Waals surface area contributed by atoms with E-state index in [1.807, 2.05) is 0 Å². The third-order valence-electron chi connectivity index (χ3n) is 15.3. The first-order valence-electron chi connectivity index (χ1n) is 19.8. The third-order valence-corrected chi connectivity index (χ3v) is 19.8. The van der Waals surface area contributed by atoms with Crippen molar-refractivity contribution in [2.75, 3.05) is 0 Å². The summed E-state index contributed by atoms with van der Waals surface area (Å²) in [6.45, 7) is 0. The Labute approximate surface area is 321 Å². The van der Waals surface area contributed by atoms with Gasteiger partial charge >= 0.3 is 0 Å². The van der Waals surface area contributed by atoms with Gasteiger partial charge < -0.3 is 9.11 Å². The van der Waals surface area contributed by atoms with Crippen LogP contribution >= 0.6 is 0 Å². The van der Waals surface area contributed by atoms with Crippen LogP contribution in [0.3, 0.4) is 0 Å². The Bertz CT molecular complexity index is 1720. The second kappa shape index (κ2) is 14.8. The lowest BCUT2D eigenvalue weighted by atomic mass is 9.76. The first-order chi connectivity index (χ1) is 25.6. The number of hydrogen-bond acceptors (Lipinski definition) is 16. The van der Waals surface area contributed by atoms with Crippen LogP contribution in [-0.2, 0) is 42.4 Å². The van der Waals surface area contributed by atoms with Crippen molar-refractivity contribution < 1.29 is 43.5 Å². The Morgan fingerprint density at radius 1 is 0.444 bits per heavy atom. The molecule has 18 nitrogen and oxygen atoms in total. The molecule has 22 heteroatoms. The topological polar surface area (TPSA) is 285 Å². The quantitative estimate of drug-likeness (QED) is 0.109. The van der Waals surface area contributed by atoms with Gasteiger partial charge in [0.15, 0.2) is 0 Å². The Kier molecular flexibility index (Phi) is 10.7. The highest BCUT2D eigenvalue weighted by atomic mass is 32.2. The van der Waals surface area contributed by atoms with Gasteiger partial charge in [0.05, 0.1) is 59.8 Å². The molecule has 0 aromatic carbocycles. The molecule has 4 aliphatic carbocycles. The Morgan fingerprint density at radius 3 is 1.26 bits per heavy atom. The minimum atomic E-state index is -4.28.